The molecule has 0 N–H and O–H groups in total. The number of fused-ring (bicyclic) bond motifs is 1. The normalized spacial score (nSPS) is 32.3. The van der Waals surface area contributed by atoms with E-state index in [-0.39, 0.29) is 29.8 Å². The van der Waals surface area contributed by atoms with E-state index in [1.807, 2.05) is 19.9 Å². The molecule has 0 radical (unpaired) electrons. The van der Waals surface area contributed by atoms with Crippen LogP contribution in [-0.4, -0.2) is 31.6 Å². The van der Waals surface area contributed by atoms with Crippen LogP contribution in [0.3, 0.4) is 0 Å². The highest BCUT2D eigenvalue weighted by Crippen LogP contribution is 2.56. The van der Waals surface area contributed by atoms with Gasteiger partial charge in [-0.05, 0) is 56.4 Å². The van der Waals surface area contributed by atoms with Crippen LogP contribution < -0.4 is 0 Å². The van der Waals surface area contributed by atoms with Crippen LogP contribution in [0, 0.1) is 22.7 Å². The molecule has 0 saturated heterocycles. The molecular formula is C22H32O4. The van der Waals surface area contributed by atoms with Crippen molar-refractivity contribution in [1.82, 2.24) is 0 Å². The first kappa shape index (κ1) is 20.8. The Labute approximate surface area is 157 Å². The number of allylic oxidation sites excluding steroid dienone is 4. The topological polar surface area (TPSA) is 52.6 Å². The Morgan fingerprint density at radius 3 is 2.69 bits per heavy atom. The van der Waals surface area contributed by atoms with Gasteiger partial charge in [-0.1, -0.05) is 37.6 Å². The van der Waals surface area contributed by atoms with Crippen LogP contribution in [0.2, 0.25) is 0 Å². The average molecular weight is 360 g/mol. The predicted molar refractivity (Wildman–Crippen MR) is 103 cm³/mol. The highest BCUT2D eigenvalue weighted by molar-refractivity contribution is 6.07. The molecule has 4 nitrogen and oxygen atoms in total. The molecule has 2 rings (SSSR count). The Kier molecular flexibility index (Phi) is 6.09. The van der Waals surface area contributed by atoms with E-state index in [1.165, 1.54) is 0 Å². The van der Waals surface area contributed by atoms with Gasteiger partial charge in [0.05, 0.1) is 11.0 Å². The molecule has 144 valence electrons. The zero-order valence-corrected chi connectivity index (χ0v) is 16.7. The minimum Gasteiger partial charge on any atom is -0.359 e. The van der Waals surface area contributed by atoms with Gasteiger partial charge < -0.3 is 14.3 Å². The molecule has 0 aromatic heterocycles. The van der Waals surface area contributed by atoms with E-state index in [9.17, 15) is 9.59 Å². The number of methoxy groups -OCH3 is 1. The summed E-state index contributed by atoms with van der Waals surface area (Å²) in [5, 5.41) is 0. The van der Waals surface area contributed by atoms with Crippen LogP contribution in [0.1, 0.15) is 47.0 Å². The van der Waals surface area contributed by atoms with Gasteiger partial charge in [0.15, 0.2) is 5.78 Å². The Hall–Kier alpha value is -1.52. The third-order valence-corrected chi connectivity index (χ3v) is 6.43. The fourth-order valence-corrected chi connectivity index (χ4v) is 4.62. The van der Waals surface area contributed by atoms with Gasteiger partial charge in [0.2, 0.25) is 0 Å². The molecule has 0 bridgehead atoms. The summed E-state index contributed by atoms with van der Waals surface area (Å²) in [5.41, 5.74) is -0.624. The number of aldehydes is 1. The average Bonchev–Trinajstić information content (AvgIpc) is 2.62. The third-order valence-electron chi connectivity index (χ3n) is 6.43. The smallest absolute Gasteiger partial charge is 0.169 e. The maximum atomic E-state index is 13.0. The SMILES string of the molecule is C=C[C@](C)(CC[C@@H]1C(C)=CC[C@H]2C(C)(C)C=CC(=O)[C@@]12C=O)OCOC. The van der Waals surface area contributed by atoms with E-state index in [0.717, 1.165) is 18.3 Å². The molecular weight excluding hydrogens is 328 g/mol. The molecule has 0 spiro atoms. The lowest BCUT2D eigenvalue weighted by molar-refractivity contribution is -0.145. The van der Waals surface area contributed by atoms with Crippen molar-refractivity contribution < 1.29 is 19.1 Å². The molecule has 0 heterocycles. The predicted octanol–water partition coefficient (Wildman–Crippen LogP) is 4.26. The quantitative estimate of drug-likeness (QED) is 0.281. The van der Waals surface area contributed by atoms with E-state index < -0.39 is 11.0 Å². The summed E-state index contributed by atoms with van der Waals surface area (Å²) in [5.74, 6) is -0.207. The van der Waals surface area contributed by atoms with Crippen LogP contribution in [0.5, 0.6) is 0 Å². The molecule has 4 heteroatoms. The molecule has 0 saturated carbocycles. The maximum absolute atomic E-state index is 13.0. The molecule has 0 amide bonds. The second-order valence-electron chi connectivity index (χ2n) is 8.47. The minimum atomic E-state index is -0.986. The lowest BCUT2D eigenvalue weighted by atomic mass is 9.49. The Balaban J connectivity index is 2.36. The van der Waals surface area contributed by atoms with Gasteiger partial charge in [0.25, 0.3) is 0 Å². The fourth-order valence-electron chi connectivity index (χ4n) is 4.62. The van der Waals surface area contributed by atoms with Crippen molar-refractivity contribution in [2.45, 2.75) is 52.6 Å². The highest BCUT2D eigenvalue weighted by Gasteiger charge is 2.58. The molecule has 0 aliphatic heterocycles. The van der Waals surface area contributed by atoms with Gasteiger partial charge in [-0.3, -0.25) is 4.79 Å². The van der Waals surface area contributed by atoms with Gasteiger partial charge in [-0.15, -0.1) is 6.58 Å². The number of hydrogen-bond donors (Lipinski definition) is 0. The van der Waals surface area contributed by atoms with E-state index >= 15 is 0 Å². The first-order valence-electron chi connectivity index (χ1n) is 9.30. The Bertz CT molecular complexity index is 630. The summed E-state index contributed by atoms with van der Waals surface area (Å²) >= 11 is 0. The first-order chi connectivity index (χ1) is 12.2. The van der Waals surface area contributed by atoms with E-state index in [1.54, 1.807) is 19.3 Å². The number of carbonyl (C=O) groups is 2. The van der Waals surface area contributed by atoms with E-state index in [0.29, 0.717) is 12.8 Å². The van der Waals surface area contributed by atoms with E-state index in [2.05, 4.69) is 26.5 Å². The number of carbonyl (C=O) groups excluding carboxylic acids is 2. The second-order valence-corrected chi connectivity index (χ2v) is 8.47. The summed E-state index contributed by atoms with van der Waals surface area (Å²) in [4.78, 5) is 25.4. The Morgan fingerprint density at radius 1 is 1.42 bits per heavy atom. The molecule has 26 heavy (non-hydrogen) atoms. The van der Waals surface area contributed by atoms with Crippen LogP contribution in [0.4, 0.5) is 0 Å². The van der Waals surface area contributed by atoms with Gasteiger partial charge in [-0.25, -0.2) is 0 Å². The molecule has 0 unspecified atom stereocenters. The number of ether oxygens (including phenoxy) is 2. The monoisotopic (exact) mass is 360 g/mol. The van der Waals surface area contributed by atoms with Crippen LogP contribution >= 0.6 is 0 Å². The van der Waals surface area contributed by atoms with Crippen LogP contribution in [0.25, 0.3) is 0 Å². The zero-order chi connectivity index (χ0) is 19.6. The van der Waals surface area contributed by atoms with Crippen LogP contribution in [0.15, 0.2) is 36.5 Å². The second kappa shape index (κ2) is 7.61. The lowest BCUT2D eigenvalue weighted by Crippen LogP contribution is -2.55. The fraction of sp³-hybridized carbons (Fsp3) is 0.636. The first-order valence-corrected chi connectivity index (χ1v) is 9.30. The van der Waals surface area contributed by atoms with Crippen molar-refractivity contribution in [2.24, 2.45) is 22.7 Å². The van der Waals surface area contributed by atoms with Crippen LogP contribution in [-0.2, 0) is 19.1 Å². The number of ketones is 1. The summed E-state index contributed by atoms with van der Waals surface area (Å²) in [6.07, 6.45) is 10.6. The number of hydrogen-bond acceptors (Lipinski definition) is 4. The summed E-state index contributed by atoms with van der Waals surface area (Å²) in [6.45, 7) is 12.3. The molecule has 4 atom stereocenters. The standard InChI is InChI=1S/C22H32O4/c1-7-21(5,26-15-25-6)13-10-17-16(2)8-9-18-20(3,4)12-11-19(24)22(17,18)14-23/h7-8,11-12,14,17-18H,1,9-10,13,15H2,2-6H3/t17-,18+,21-,22+/m1/s1. The van der Waals surface area contributed by atoms with Crippen molar-refractivity contribution in [3.63, 3.8) is 0 Å². The lowest BCUT2D eigenvalue weighted by Gasteiger charge is -2.52. The van der Waals surface area contributed by atoms with Crippen molar-refractivity contribution in [3.05, 3.63) is 36.5 Å². The maximum Gasteiger partial charge on any atom is 0.169 e. The summed E-state index contributed by atoms with van der Waals surface area (Å²) in [7, 11) is 1.58. The van der Waals surface area contributed by atoms with Gasteiger partial charge in [0.1, 0.15) is 13.1 Å². The van der Waals surface area contributed by atoms with Crippen molar-refractivity contribution in [1.29, 1.82) is 0 Å². The summed E-state index contributed by atoms with van der Waals surface area (Å²) in [6, 6.07) is 0. The van der Waals surface area contributed by atoms with Gasteiger partial charge in [-0.2, -0.15) is 0 Å². The molecule has 2 aliphatic carbocycles. The Morgan fingerprint density at radius 2 is 2.12 bits per heavy atom. The minimum absolute atomic E-state index is 0.0198. The van der Waals surface area contributed by atoms with E-state index in [4.69, 9.17) is 9.47 Å². The van der Waals surface area contributed by atoms with Crippen molar-refractivity contribution >= 4 is 12.1 Å². The highest BCUT2D eigenvalue weighted by atomic mass is 16.7. The molecule has 2 aliphatic rings. The zero-order valence-electron chi connectivity index (χ0n) is 16.7. The van der Waals surface area contributed by atoms with Crippen molar-refractivity contribution in [2.75, 3.05) is 13.9 Å². The largest absolute Gasteiger partial charge is 0.359 e. The molecule has 0 aromatic carbocycles. The number of rotatable bonds is 8. The molecule has 0 aromatic rings. The van der Waals surface area contributed by atoms with Crippen molar-refractivity contribution in [3.8, 4) is 0 Å². The summed E-state index contributed by atoms with van der Waals surface area (Å²) < 4.78 is 10.8. The molecule has 0 fully saturated rings. The van der Waals surface area contributed by atoms with Gasteiger partial charge >= 0.3 is 0 Å². The third kappa shape index (κ3) is 3.49. The van der Waals surface area contributed by atoms with Gasteiger partial charge in [0, 0.05) is 7.11 Å².